The van der Waals surface area contributed by atoms with Crippen LogP contribution in [-0.2, 0) is 6.18 Å². The zero-order chi connectivity index (χ0) is 13.3. The lowest BCUT2D eigenvalue weighted by atomic mass is 10.1. The first-order valence-corrected chi connectivity index (χ1v) is 9.58. The molecule has 0 atom stereocenters. The Morgan fingerprint density at radius 1 is 1.18 bits per heavy atom. The minimum absolute atomic E-state index is 0.0758. The van der Waals surface area contributed by atoms with Gasteiger partial charge >= 0.3 is 6.18 Å². The Morgan fingerprint density at radius 2 is 1.76 bits per heavy atom. The molecular weight excluding hydrogens is 356 g/mol. The Labute approximate surface area is 114 Å². The summed E-state index contributed by atoms with van der Waals surface area (Å²) < 4.78 is 38.8. The van der Waals surface area contributed by atoms with Crippen LogP contribution < -0.4 is 0 Å². The molecule has 92 valence electrons. The van der Waals surface area contributed by atoms with E-state index < -0.39 is 19.8 Å². The normalized spacial score (nSPS) is 11.9. The minimum atomic E-state index is -4.35. The van der Waals surface area contributed by atoms with Gasteiger partial charge in [-0.2, -0.15) is 13.2 Å². The molecule has 0 heterocycles. The number of halogens is 4. The van der Waals surface area contributed by atoms with E-state index in [0.717, 1.165) is 0 Å². The van der Waals surface area contributed by atoms with Crippen LogP contribution in [0.1, 0.15) is 11.1 Å². The van der Waals surface area contributed by atoms with Gasteiger partial charge in [0.1, 0.15) is 8.07 Å². The molecule has 0 aliphatic rings. The maximum absolute atomic E-state index is 12.9. The molecule has 0 bridgehead atoms. The summed E-state index contributed by atoms with van der Waals surface area (Å²) >= 11 is 1.70. The number of benzene rings is 1. The first-order chi connectivity index (χ1) is 7.61. The van der Waals surface area contributed by atoms with E-state index in [4.69, 9.17) is 0 Å². The molecule has 1 rings (SSSR count). The van der Waals surface area contributed by atoms with E-state index in [2.05, 4.69) is 11.5 Å². The van der Waals surface area contributed by atoms with Crippen molar-refractivity contribution in [3.63, 3.8) is 0 Å². The highest BCUT2D eigenvalue weighted by molar-refractivity contribution is 14.1. The summed E-state index contributed by atoms with van der Waals surface area (Å²) in [6, 6.07) is 4.48. The molecular formula is C12H12F3ISi. The van der Waals surface area contributed by atoms with E-state index >= 15 is 0 Å². The zero-order valence-corrected chi connectivity index (χ0v) is 12.9. The van der Waals surface area contributed by atoms with Crippen molar-refractivity contribution in [3.8, 4) is 11.5 Å². The van der Waals surface area contributed by atoms with Gasteiger partial charge in [0.25, 0.3) is 0 Å². The van der Waals surface area contributed by atoms with Gasteiger partial charge in [0, 0.05) is 9.13 Å². The third-order valence-electron chi connectivity index (χ3n) is 1.87. The second-order valence-electron chi connectivity index (χ2n) is 4.66. The molecule has 5 heteroatoms. The standard InChI is InChI=1S/C12H12F3ISi/c1-17(2,3)8-7-9-5-4-6-10(16)11(9)12(13,14)15/h4-6H,1-3H3. The van der Waals surface area contributed by atoms with Gasteiger partial charge in [-0.05, 0) is 34.7 Å². The molecule has 17 heavy (non-hydrogen) atoms. The first-order valence-electron chi connectivity index (χ1n) is 5.00. The Kier molecular flexibility index (Phi) is 4.31. The third-order valence-corrected chi connectivity index (χ3v) is 3.64. The molecule has 0 fully saturated rings. The highest BCUT2D eigenvalue weighted by atomic mass is 127. The largest absolute Gasteiger partial charge is 0.418 e. The van der Waals surface area contributed by atoms with E-state index in [0.29, 0.717) is 0 Å². The Bertz CT molecular complexity index is 475. The maximum atomic E-state index is 12.9. The van der Waals surface area contributed by atoms with Gasteiger partial charge in [-0.15, -0.1) is 5.54 Å². The van der Waals surface area contributed by atoms with Crippen LogP contribution in [0.15, 0.2) is 18.2 Å². The molecule has 1 aromatic rings. The second-order valence-corrected chi connectivity index (χ2v) is 10.6. The lowest BCUT2D eigenvalue weighted by Crippen LogP contribution is -2.17. The molecule has 0 saturated heterocycles. The van der Waals surface area contributed by atoms with Gasteiger partial charge in [0.15, 0.2) is 0 Å². The average molecular weight is 368 g/mol. The second kappa shape index (κ2) is 5.02. The van der Waals surface area contributed by atoms with Crippen LogP contribution in [0.5, 0.6) is 0 Å². The predicted molar refractivity (Wildman–Crippen MR) is 74.4 cm³/mol. The van der Waals surface area contributed by atoms with Crippen LogP contribution in [0, 0.1) is 15.0 Å². The van der Waals surface area contributed by atoms with E-state index in [9.17, 15) is 13.2 Å². The van der Waals surface area contributed by atoms with Gasteiger partial charge in [-0.3, -0.25) is 0 Å². The van der Waals surface area contributed by atoms with Crippen LogP contribution in [0.3, 0.4) is 0 Å². The van der Waals surface area contributed by atoms with Crippen LogP contribution in [-0.4, -0.2) is 8.07 Å². The van der Waals surface area contributed by atoms with Crippen molar-refractivity contribution in [2.45, 2.75) is 25.8 Å². The molecule has 0 unspecified atom stereocenters. The summed E-state index contributed by atoms with van der Waals surface area (Å²) in [6.45, 7) is 6.00. The number of hydrogen-bond acceptors (Lipinski definition) is 0. The minimum Gasteiger partial charge on any atom is -0.166 e. The highest BCUT2D eigenvalue weighted by Gasteiger charge is 2.35. The zero-order valence-electron chi connectivity index (χ0n) is 9.74. The van der Waals surface area contributed by atoms with Gasteiger partial charge in [0.05, 0.1) is 5.56 Å². The van der Waals surface area contributed by atoms with Crippen molar-refractivity contribution in [2.24, 2.45) is 0 Å². The highest BCUT2D eigenvalue weighted by Crippen LogP contribution is 2.35. The van der Waals surface area contributed by atoms with Crippen molar-refractivity contribution >= 4 is 30.7 Å². The maximum Gasteiger partial charge on any atom is 0.418 e. The molecule has 0 saturated carbocycles. The Morgan fingerprint density at radius 3 is 2.24 bits per heavy atom. The van der Waals surface area contributed by atoms with Crippen molar-refractivity contribution in [1.29, 1.82) is 0 Å². The third kappa shape index (κ3) is 4.35. The van der Waals surface area contributed by atoms with E-state index in [1.165, 1.54) is 12.1 Å². The van der Waals surface area contributed by atoms with Crippen LogP contribution in [0.4, 0.5) is 13.2 Å². The molecule has 0 N–H and O–H groups in total. The molecule has 0 aliphatic carbocycles. The van der Waals surface area contributed by atoms with Gasteiger partial charge in [-0.1, -0.05) is 31.6 Å². The van der Waals surface area contributed by atoms with Crippen molar-refractivity contribution in [3.05, 3.63) is 32.9 Å². The predicted octanol–water partition coefficient (Wildman–Crippen LogP) is 4.54. The fourth-order valence-corrected chi connectivity index (χ4v) is 2.48. The van der Waals surface area contributed by atoms with Crippen LogP contribution in [0.25, 0.3) is 0 Å². The molecule has 0 amide bonds. The first kappa shape index (κ1) is 14.6. The number of hydrogen-bond donors (Lipinski definition) is 0. The monoisotopic (exact) mass is 368 g/mol. The molecule has 0 spiro atoms. The molecule has 0 aromatic heterocycles. The molecule has 0 nitrogen and oxygen atoms in total. The summed E-state index contributed by atoms with van der Waals surface area (Å²) in [6.07, 6.45) is -4.35. The molecule has 1 aromatic carbocycles. The topological polar surface area (TPSA) is 0 Å². The molecule has 0 aliphatic heterocycles. The van der Waals surface area contributed by atoms with Crippen molar-refractivity contribution in [1.82, 2.24) is 0 Å². The van der Waals surface area contributed by atoms with Crippen molar-refractivity contribution < 1.29 is 13.2 Å². The van der Waals surface area contributed by atoms with Crippen molar-refractivity contribution in [2.75, 3.05) is 0 Å². The number of rotatable bonds is 0. The smallest absolute Gasteiger partial charge is 0.166 e. The van der Waals surface area contributed by atoms with Gasteiger partial charge < -0.3 is 0 Å². The van der Waals surface area contributed by atoms with Gasteiger partial charge in [0.2, 0.25) is 0 Å². The lowest BCUT2D eigenvalue weighted by Gasteiger charge is -2.11. The fraction of sp³-hybridized carbons (Fsp3) is 0.333. The number of alkyl halides is 3. The average Bonchev–Trinajstić information content (AvgIpc) is 2.11. The summed E-state index contributed by atoms with van der Waals surface area (Å²) in [4.78, 5) is 0. The van der Waals surface area contributed by atoms with Crippen LogP contribution in [0.2, 0.25) is 19.6 Å². The van der Waals surface area contributed by atoms with E-state index in [1.807, 2.05) is 19.6 Å². The van der Waals surface area contributed by atoms with E-state index in [1.54, 1.807) is 28.7 Å². The summed E-state index contributed by atoms with van der Waals surface area (Å²) in [5.41, 5.74) is 2.42. The lowest BCUT2D eigenvalue weighted by molar-refractivity contribution is -0.138. The molecule has 0 radical (unpaired) electrons. The van der Waals surface area contributed by atoms with E-state index in [-0.39, 0.29) is 9.13 Å². The summed E-state index contributed by atoms with van der Waals surface area (Å²) in [7, 11) is -1.67. The SMILES string of the molecule is C[Si](C)(C)C#Cc1cccc(I)c1C(F)(F)F. The summed E-state index contributed by atoms with van der Waals surface area (Å²) in [5, 5.41) is 0. The Hall–Kier alpha value is -0.483. The fourth-order valence-electron chi connectivity index (χ4n) is 1.17. The Balaban J connectivity index is 3.34. The quantitative estimate of drug-likeness (QED) is 0.358. The van der Waals surface area contributed by atoms with Crippen LogP contribution >= 0.6 is 22.6 Å². The van der Waals surface area contributed by atoms with Gasteiger partial charge in [-0.25, -0.2) is 0 Å². The summed E-state index contributed by atoms with van der Waals surface area (Å²) in [5.74, 6) is 2.69.